The van der Waals surface area contributed by atoms with Gasteiger partial charge in [0.2, 0.25) is 0 Å². The first-order chi connectivity index (χ1) is 10.7. The lowest BCUT2D eigenvalue weighted by molar-refractivity contribution is -0.0113. The highest BCUT2D eigenvalue weighted by atomic mass is 127. The summed E-state index contributed by atoms with van der Waals surface area (Å²) >= 11 is 0. The Kier molecular flexibility index (Phi) is 7.69. The second kappa shape index (κ2) is 8.63. The first kappa shape index (κ1) is 21.4. The Labute approximate surface area is 162 Å². The van der Waals surface area contributed by atoms with Crippen LogP contribution >= 0.6 is 24.0 Å². The third kappa shape index (κ3) is 4.92. The summed E-state index contributed by atoms with van der Waals surface area (Å²) in [4.78, 5) is 14.0. The van der Waals surface area contributed by atoms with Gasteiger partial charge in [0.05, 0.1) is 0 Å². The molecular formula is C19H30INO3. The van der Waals surface area contributed by atoms with Crippen LogP contribution in [0.2, 0.25) is 0 Å². The van der Waals surface area contributed by atoms with Gasteiger partial charge < -0.3 is 14.7 Å². The molecule has 2 unspecified atom stereocenters. The Hall–Kier alpha value is -0.660. The fourth-order valence-electron chi connectivity index (χ4n) is 3.74. The van der Waals surface area contributed by atoms with Crippen molar-refractivity contribution in [2.45, 2.75) is 52.2 Å². The SMILES string of the molecule is CN(C)C(C(O)COc1cccc2c1CCCC2=O)C(C)(C)C.I. The van der Waals surface area contributed by atoms with Crippen molar-refractivity contribution >= 4 is 29.8 Å². The zero-order valence-electron chi connectivity index (χ0n) is 15.3. The lowest BCUT2D eigenvalue weighted by atomic mass is 9.82. The Morgan fingerprint density at radius 3 is 2.50 bits per heavy atom. The number of ketones is 1. The van der Waals surface area contributed by atoms with Gasteiger partial charge in [-0.25, -0.2) is 0 Å². The number of halogens is 1. The maximum Gasteiger partial charge on any atom is 0.163 e. The van der Waals surface area contributed by atoms with E-state index in [-0.39, 0.29) is 47.8 Å². The van der Waals surface area contributed by atoms with Crippen LogP contribution in [-0.2, 0) is 6.42 Å². The third-order valence-corrected chi connectivity index (χ3v) is 4.48. The summed E-state index contributed by atoms with van der Waals surface area (Å²) in [7, 11) is 3.95. The number of aliphatic hydroxyl groups excluding tert-OH is 1. The molecule has 2 rings (SSSR count). The number of carbonyl (C=O) groups excluding carboxylic acids is 1. The fourth-order valence-corrected chi connectivity index (χ4v) is 3.74. The number of fused-ring (bicyclic) bond motifs is 1. The first-order valence-electron chi connectivity index (χ1n) is 8.34. The number of ether oxygens (including phenoxy) is 1. The summed E-state index contributed by atoms with van der Waals surface area (Å²) in [5, 5.41) is 10.6. The summed E-state index contributed by atoms with van der Waals surface area (Å²) < 4.78 is 5.91. The molecule has 5 heteroatoms. The molecular weight excluding hydrogens is 417 g/mol. The number of hydrogen-bond donors (Lipinski definition) is 1. The molecule has 0 amide bonds. The van der Waals surface area contributed by atoms with E-state index in [4.69, 9.17) is 4.74 Å². The Balaban J connectivity index is 0.00000288. The molecule has 0 aromatic heterocycles. The monoisotopic (exact) mass is 447 g/mol. The van der Waals surface area contributed by atoms with Crippen molar-refractivity contribution in [2.24, 2.45) is 5.41 Å². The summed E-state index contributed by atoms with van der Waals surface area (Å²) in [5.74, 6) is 0.930. The van der Waals surface area contributed by atoms with Crippen LogP contribution in [0.25, 0.3) is 0 Å². The highest BCUT2D eigenvalue weighted by Gasteiger charge is 2.33. The zero-order chi connectivity index (χ0) is 17.2. The normalized spacial score (nSPS) is 17.0. The number of nitrogens with zero attached hydrogens (tertiary/aromatic N) is 1. The molecule has 0 spiro atoms. The molecule has 0 aliphatic heterocycles. The van der Waals surface area contributed by atoms with Crippen molar-refractivity contribution in [1.82, 2.24) is 4.90 Å². The zero-order valence-corrected chi connectivity index (χ0v) is 17.7. The van der Waals surface area contributed by atoms with Crippen LogP contribution in [0, 0.1) is 5.41 Å². The van der Waals surface area contributed by atoms with Gasteiger partial charge in [0.25, 0.3) is 0 Å². The lowest BCUT2D eigenvalue weighted by Gasteiger charge is -2.39. The van der Waals surface area contributed by atoms with Gasteiger partial charge in [-0.2, -0.15) is 0 Å². The predicted molar refractivity (Wildman–Crippen MR) is 108 cm³/mol. The second-order valence-corrected chi connectivity index (χ2v) is 7.71. The number of aliphatic hydroxyl groups is 1. The molecule has 24 heavy (non-hydrogen) atoms. The van der Waals surface area contributed by atoms with E-state index in [1.807, 2.05) is 37.2 Å². The topological polar surface area (TPSA) is 49.8 Å². The van der Waals surface area contributed by atoms with Crippen LogP contribution in [0.3, 0.4) is 0 Å². The van der Waals surface area contributed by atoms with E-state index < -0.39 is 6.10 Å². The predicted octanol–water partition coefficient (Wildman–Crippen LogP) is 3.54. The van der Waals surface area contributed by atoms with Crippen molar-refractivity contribution < 1.29 is 14.6 Å². The van der Waals surface area contributed by atoms with Crippen molar-refractivity contribution in [3.63, 3.8) is 0 Å². The van der Waals surface area contributed by atoms with Crippen molar-refractivity contribution in [1.29, 1.82) is 0 Å². The average Bonchev–Trinajstić information content (AvgIpc) is 2.43. The van der Waals surface area contributed by atoms with Crippen molar-refractivity contribution in [2.75, 3.05) is 20.7 Å². The number of benzene rings is 1. The van der Waals surface area contributed by atoms with E-state index in [9.17, 15) is 9.90 Å². The van der Waals surface area contributed by atoms with E-state index in [0.29, 0.717) is 6.42 Å². The highest BCUT2D eigenvalue weighted by Crippen LogP contribution is 2.31. The molecule has 0 saturated carbocycles. The number of rotatable bonds is 5. The largest absolute Gasteiger partial charge is 0.491 e. The molecule has 0 heterocycles. The van der Waals surface area contributed by atoms with Crippen molar-refractivity contribution in [3.05, 3.63) is 29.3 Å². The Bertz CT molecular complexity index is 566. The van der Waals surface area contributed by atoms with Crippen LogP contribution in [0.1, 0.15) is 49.5 Å². The van der Waals surface area contributed by atoms with Crippen LogP contribution < -0.4 is 4.74 Å². The molecule has 136 valence electrons. The average molecular weight is 447 g/mol. The minimum absolute atomic E-state index is 0. The summed E-state index contributed by atoms with van der Waals surface area (Å²) in [6, 6.07) is 5.62. The maximum absolute atomic E-state index is 12.0. The summed E-state index contributed by atoms with van der Waals surface area (Å²) in [6.45, 7) is 6.57. The van der Waals surface area contributed by atoms with Crippen LogP contribution in [-0.4, -0.2) is 48.6 Å². The maximum atomic E-state index is 12.0. The van der Waals surface area contributed by atoms with E-state index in [0.717, 1.165) is 29.7 Å². The summed E-state index contributed by atoms with van der Waals surface area (Å²) in [6.07, 6.45) is 1.76. The molecule has 4 nitrogen and oxygen atoms in total. The molecule has 1 aromatic rings. The molecule has 1 aliphatic rings. The lowest BCUT2D eigenvalue weighted by Crippen LogP contribution is -2.50. The van der Waals surface area contributed by atoms with Gasteiger partial charge in [0.1, 0.15) is 18.5 Å². The number of Topliss-reactive ketones (excluding diaryl/α,β-unsaturated/α-hetero) is 1. The van der Waals surface area contributed by atoms with E-state index >= 15 is 0 Å². The molecule has 0 bridgehead atoms. The fraction of sp³-hybridized carbons (Fsp3) is 0.632. The standard InChI is InChI=1S/C19H29NO3.HI/c1-19(2,3)18(20(4)5)16(22)12-23-17-11-7-8-13-14(17)9-6-10-15(13)21;/h7-8,11,16,18,22H,6,9-10,12H2,1-5H3;1H. The number of hydrogen-bond acceptors (Lipinski definition) is 4. The third-order valence-electron chi connectivity index (χ3n) is 4.48. The van der Waals surface area contributed by atoms with Gasteiger partial charge in [-0.3, -0.25) is 4.79 Å². The van der Waals surface area contributed by atoms with Gasteiger partial charge in [0.15, 0.2) is 5.78 Å². The van der Waals surface area contributed by atoms with E-state index in [1.165, 1.54) is 0 Å². The van der Waals surface area contributed by atoms with Crippen LogP contribution in [0.4, 0.5) is 0 Å². The summed E-state index contributed by atoms with van der Waals surface area (Å²) in [5.41, 5.74) is 1.72. The van der Waals surface area contributed by atoms with Crippen LogP contribution in [0.15, 0.2) is 18.2 Å². The number of likely N-dealkylation sites (N-methyl/N-ethyl adjacent to an activating group) is 1. The number of carbonyl (C=O) groups is 1. The quantitative estimate of drug-likeness (QED) is 0.702. The van der Waals surface area contributed by atoms with Gasteiger partial charge in [-0.1, -0.05) is 32.9 Å². The second-order valence-electron chi connectivity index (χ2n) is 7.71. The highest BCUT2D eigenvalue weighted by molar-refractivity contribution is 14.0. The van der Waals surface area contributed by atoms with Crippen LogP contribution in [0.5, 0.6) is 5.75 Å². The molecule has 2 atom stereocenters. The van der Waals surface area contributed by atoms with Crippen molar-refractivity contribution in [3.8, 4) is 5.75 Å². The minimum Gasteiger partial charge on any atom is -0.491 e. The van der Waals surface area contributed by atoms with Gasteiger partial charge >= 0.3 is 0 Å². The van der Waals surface area contributed by atoms with E-state index in [2.05, 4.69) is 20.8 Å². The van der Waals surface area contributed by atoms with Gasteiger partial charge in [-0.15, -0.1) is 24.0 Å². The van der Waals surface area contributed by atoms with Gasteiger partial charge in [0, 0.05) is 23.6 Å². The molecule has 1 aliphatic carbocycles. The van der Waals surface area contributed by atoms with Gasteiger partial charge in [-0.05, 0) is 38.4 Å². The van der Waals surface area contributed by atoms with E-state index in [1.54, 1.807) is 0 Å². The Morgan fingerprint density at radius 2 is 1.92 bits per heavy atom. The first-order valence-corrected chi connectivity index (χ1v) is 8.34. The molecule has 0 fully saturated rings. The minimum atomic E-state index is -0.597. The smallest absolute Gasteiger partial charge is 0.163 e. The molecule has 1 N–H and O–H groups in total. The molecule has 0 saturated heterocycles. The molecule has 0 radical (unpaired) electrons. The molecule has 1 aromatic carbocycles. The Morgan fingerprint density at radius 1 is 1.25 bits per heavy atom.